The molecule has 0 spiro atoms. The van der Waals surface area contributed by atoms with Crippen LogP contribution in [-0.4, -0.2) is 5.78 Å². The monoisotopic (exact) mass is 362 g/mol. The van der Waals surface area contributed by atoms with Crippen molar-refractivity contribution in [3.63, 3.8) is 0 Å². The van der Waals surface area contributed by atoms with Gasteiger partial charge in [-0.2, -0.15) is 0 Å². The van der Waals surface area contributed by atoms with Gasteiger partial charge in [0.1, 0.15) is 5.78 Å². The van der Waals surface area contributed by atoms with Crippen LogP contribution in [0.25, 0.3) is 0 Å². The lowest BCUT2D eigenvalue weighted by Gasteiger charge is -2.24. The summed E-state index contributed by atoms with van der Waals surface area (Å²) in [5.74, 6) is 0.352. The van der Waals surface area contributed by atoms with Crippen LogP contribution < -0.4 is 0 Å². The first-order chi connectivity index (χ1) is 8.83. The van der Waals surface area contributed by atoms with Crippen molar-refractivity contribution in [3.05, 3.63) is 0 Å². The Bertz CT molecular complexity index is 283. The van der Waals surface area contributed by atoms with Crippen molar-refractivity contribution in [1.29, 1.82) is 0 Å². The molecule has 0 bridgehead atoms. The average molecular weight is 363 g/mol. The summed E-state index contributed by atoms with van der Waals surface area (Å²) < 4.78 is 0. The zero-order valence-corrected chi connectivity index (χ0v) is 17.0. The zero-order valence-electron chi connectivity index (χ0n) is 17.0. The first-order valence-electron chi connectivity index (χ1n) is 8.37. The average Bonchev–Trinajstić information content (AvgIpc) is 2.09. The third kappa shape index (κ3) is 35.6. The number of carbonyl (C=O) groups excluding carboxylic acids is 1. The van der Waals surface area contributed by atoms with Gasteiger partial charge in [0.05, 0.1) is 0 Å². The minimum atomic E-state index is -0.173. The highest BCUT2D eigenvalue weighted by Crippen LogP contribution is 2.29. The lowest BCUT2D eigenvalue weighted by Crippen LogP contribution is -2.25. The maximum absolute atomic E-state index is 11.5. The number of Topliss-reactive ketones (excluding diaryl/α,β-unsaturated/α-hetero) is 1. The van der Waals surface area contributed by atoms with Gasteiger partial charge in [0.2, 0.25) is 0 Å². The number of hydrogen-bond donors (Lipinski definition) is 0. The molecule has 0 aliphatic heterocycles. The molecule has 0 aromatic carbocycles. The summed E-state index contributed by atoms with van der Waals surface area (Å²) in [7, 11) is 0. The Balaban J connectivity index is -0.0000000624. The SMILES string of the molecule is C.C.C.C.CC(C)(C)CC(=O)C(C)(C)C.CC(C)(C)CCC(C)(C)C. The maximum Gasteiger partial charge on any atom is 0.138 e. The Morgan fingerprint density at radius 2 is 0.760 bits per heavy atom. The lowest BCUT2D eigenvalue weighted by atomic mass is 9.80. The molecule has 160 valence electrons. The van der Waals surface area contributed by atoms with Crippen LogP contribution in [0.15, 0.2) is 0 Å². The van der Waals surface area contributed by atoms with Gasteiger partial charge in [-0.1, -0.05) is 113 Å². The second-order valence-corrected chi connectivity index (χ2v) is 11.0. The van der Waals surface area contributed by atoms with E-state index < -0.39 is 0 Å². The fourth-order valence-corrected chi connectivity index (χ4v) is 1.50. The van der Waals surface area contributed by atoms with Gasteiger partial charge in [-0.05, 0) is 29.1 Å². The lowest BCUT2D eigenvalue weighted by molar-refractivity contribution is -0.128. The van der Waals surface area contributed by atoms with Crippen LogP contribution in [0.3, 0.4) is 0 Å². The van der Waals surface area contributed by atoms with Gasteiger partial charge < -0.3 is 0 Å². The quantitative estimate of drug-likeness (QED) is 0.478. The smallest absolute Gasteiger partial charge is 0.138 e. The van der Waals surface area contributed by atoms with Gasteiger partial charge in [-0.15, -0.1) is 0 Å². The molecule has 0 fully saturated rings. The van der Waals surface area contributed by atoms with E-state index >= 15 is 0 Å². The molecular formula is C24H58O. The van der Waals surface area contributed by atoms with Crippen molar-refractivity contribution in [1.82, 2.24) is 0 Å². The minimum Gasteiger partial charge on any atom is -0.299 e. The Kier molecular flexibility index (Phi) is 21.9. The molecule has 0 aromatic rings. The number of carbonyl (C=O) groups is 1. The van der Waals surface area contributed by atoms with E-state index in [2.05, 4.69) is 62.3 Å². The molecule has 0 aliphatic rings. The molecule has 0 atom stereocenters. The highest BCUT2D eigenvalue weighted by atomic mass is 16.1. The van der Waals surface area contributed by atoms with Gasteiger partial charge in [0, 0.05) is 11.8 Å². The van der Waals surface area contributed by atoms with Gasteiger partial charge in [0.15, 0.2) is 0 Å². The van der Waals surface area contributed by atoms with Crippen molar-refractivity contribution >= 4 is 5.78 Å². The number of hydrogen-bond acceptors (Lipinski definition) is 1. The van der Waals surface area contributed by atoms with E-state index in [0.29, 0.717) is 23.0 Å². The summed E-state index contributed by atoms with van der Waals surface area (Å²) >= 11 is 0. The molecule has 0 radical (unpaired) electrons. The number of rotatable bonds is 2. The van der Waals surface area contributed by atoms with Crippen LogP contribution in [0.5, 0.6) is 0 Å². The van der Waals surface area contributed by atoms with Crippen LogP contribution in [-0.2, 0) is 4.79 Å². The standard InChI is InChI=1S/C10H20O.C10H22.4CH4/c1-9(2,3)7-8(11)10(4,5)6;1-9(2,3)7-8-10(4,5)6;;;;/h7H2,1-6H3;7-8H2,1-6H3;4*1H4. The van der Waals surface area contributed by atoms with Crippen LogP contribution in [0.2, 0.25) is 0 Å². The van der Waals surface area contributed by atoms with Crippen molar-refractivity contribution in [2.45, 2.75) is 132 Å². The predicted octanol–water partition coefficient (Wildman–Crippen LogP) is 9.44. The largest absolute Gasteiger partial charge is 0.299 e. The van der Waals surface area contributed by atoms with E-state index in [0.717, 1.165) is 0 Å². The minimum absolute atomic E-state index is 0. The molecule has 0 heterocycles. The number of ketones is 1. The third-order valence-electron chi connectivity index (χ3n) is 3.15. The van der Waals surface area contributed by atoms with Crippen LogP contribution >= 0.6 is 0 Å². The molecule has 0 aromatic heterocycles. The Labute approximate surface area is 164 Å². The fraction of sp³-hybridized carbons (Fsp3) is 0.958. The maximum atomic E-state index is 11.5. The van der Waals surface area contributed by atoms with Crippen LogP contribution in [0.4, 0.5) is 0 Å². The summed E-state index contributed by atoms with van der Waals surface area (Å²) in [6, 6.07) is 0. The van der Waals surface area contributed by atoms with E-state index in [4.69, 9.17) is 0 Å². The van der Waals surface area contributed by atoms with Gasteiger partial charge in [-0.25, -0.2) is 0 Å². The van der Waals surface area contributed by atoms with Crippen molar-refractivity contribution in [2.75, 3.05) is 0 Å². The van der Waals surface area contributed by atoms with Crippen molar-refractivity contribution in [3.8, 4) is 0 Å². The van der Waals surface area contributed by atoms with Crippen molar-refractivity contribution in [2.24, 2.45) is 21.7 Å². The normalized spacial score (nSPS) is 11.4. The molecule has 0 unspecified atom stereocenters. The highest BCUT2D eigenvalue weighted by molar-refractivity contribution is 5.84. The van der Waals surface area contributed by atoms with Crippen molar-refractivity contribution < 1.29 is 4.79 Å². The van der Waals surface area contributed by atoms with E-state index in [1.54, 1.807) is 0 Å². The summed E-state index contributed by atoms with van der Waals surface area (Å²) in [6.07, 6.45) is 3.34. The van der Waals surface area contributed by atoms with Crippen LogP contribution in [0.1, 0.15) is 132 Å². The Hall–Kier alpha value is -0.330. The topological polar surface area (TPSA) is 17.1 Å². The van der Waals surface area contributed by atoms with Gasteiger partial charge >= 0.3 is 0 Å². The van der Waals surface area contributed by atoms with Gasteiger partial charge in [-0.3, -0.25) is 4.79 Å². The second-order valence-electron chi connectivity index (χ2n) is 11.0. The van der Waals surface area contributed by atoms with E-state index in [1.807, 2.05) is 20.8 Å². The molecule has 0 amide bonds. The molecule has 1 heteroatoms. The molecule has 0 saturated carbocycles. The molecule has 0 saturated heterocycles. The summed E-state index contributed by atoms with van der Waals surface area (Å²) in [5, 5.41) is 0. The highest BCUT2D eigenvalue weighted by Gasteiger charge is 2.25. The summed E-state index contributed by atoms with van der Waals surface area (Å²) in [5.41, 5.74) is 0.970. The second kappa shape index (κ2) is 13.8. The predicted molar refractivity (Wildman–Crippen MR) is 124 cm³/mol. The molecular weight excluding hydrogens is 304 g/mol. The Morgan fingerprint density at radius 1 is 0.520 bits per heavy atom. The molecule has 25 heavy (non-hydrogen) atoms. The zero-order chi connectivity index (χ0) is 17.7. The fourth-order valence-electron chi connectivity index (χ4n) is 1.50. The van der Waals surface area contributed by atoms with E-state index in [-0.39, 0.29) is 40.5 Å². The van der Waals surface area contributed by atoms with E-state index in [9.17, 15) is 4.79 Å². The van der Waals surface area contributed by atoms with Gasteiger partial charge in [0.25, 0.3) is 0 Å². The summed E-state index contributed by atoms with van der Waals surface area (Å²) in [4.78, 5) is 11.5. The molecule has 0 rings (SSSR count). The van der Waals surface area contributed by atoms with E-state index in [1.165, 1.54) is 12.8 Å². The Morgan fingerprint density at radius 3 is 0.840 bits per heavy atom. The first-order valence-corrected chi connectivity index (χ1v) is 8.37. The molecule has 1 nitrogen and oxygen atoms in total. The molecule has 0 aliphatic carbocycles. The van der Waals surface area contributed by atoms with Crippen LogP contribution in [0, 0.1) is 21.7 Å². The summed E-state index contributed by atoms with van der Waals surface area (Å²) in [6.45, 7) is 26.0. The molecule has 0 N–H and O–H groups in total. The third-order valence-corrected chi connectivity index (χ3v) is 3.15. The first kappa shape index (κ1) is 39.7.